The number of amides is 2. The third kappa shape index (κ3) is 4.71. The number of nitrogens with zero attached hydrogens (tertiary/aromatic N) is 4. The number of imide groups is 1. The van der Waals surface area contributed by atoms with Gasteiger partial charge in [0.1, 0.15) is 0 Å². The van der Waals surface area contributed by atoms with Crippen LogP contribution in [0.1, 0.15) is 31.8 Å². The predicted molar refractivity (Wildman–Crippen MR) is 204 cm³/mol. The molecule has 242 valence electrons. The van der Waals surface area contributed by atoms with Gasteiger partial charge in [-0.25, -0.2) is 4.90 Å². The van der Waals surface area contributed by atoms with Crippen molar-refractivity contribution in [1.82, 2.24) is 4.57 Å². The quantitative estimate of drug-likeness (QED) is 0.171. The van der Waals surface area contributed by atoms with Crippen LogP contribution < -0.4 is 4.90 Å². The van der Waals surface area contributed by atoms with Gasteiger partial charge in [-0.15, -0.1) is 0 Å². The van der Waals surface area contributed by atoms with E-state index in [9.17, 15) is 20.1 Å². The Kier molecular flexibility index (Phi) is 7.10. The van der Waals surface area contributed by atoms with E-state index >= 15 is 0 Å². The lowest BCUT2D eigenvalue weighted by molar-refractivity contribution is 0.0926. The average molecular weight is 667 g/mol. The first-order chi connectivity index (χ1) is 25.6. The van der Waals surface area contributed by atoms with Crippen LogP contribution in [0.15, 0.2) is 158 Å². The molecule has 0 bridgehead atoms. The summed E-state index contributed by atoms with van der Waals surface area (Å²) < 4.78 is 2.04. The van der Waals surface area contributed by atoms with E-state index in [1.165, 1.54) is 4.90 Å². The largest absolute Gasteiger partial charge is 0.308 e. The molecule has 8 aromatic rings. The van der Waals surface area contributed by atoms with Crippen LogP contribution in [-0.2, 0) is 0 Å². The minimum atomic E-state index is -0.407. The van der Waals surface area contributed by atoms with Crippen molar-refractivity contribution in [1.29, 1.82) is 10.5 Å². The molecule has 2 heterocycles. The summed E-state index contributed by atoms with van der Waals surface area (Å²) in [7, 11) is 0. The van der Waals surface area contributed by atoms with Gasteiger partial charge in [0, 0.05) is 10.8 Å². The number of anilines is 1. The Morgan fingerprint density at radius 2 is 0.942 bits per heavy atom. The average Bonchev–Trinajstić information content (AvgIpc) is 3.67. The van der Waals surface area contributed by atoms with Gasteiger partial charge in [-0.05, 0) is 81.9 Å². The van der Waals surface area contributed by atoms with Crippen LogP contribution >= 0.6 is 0 Å². The molecule has 0 saturated carbocycles. The van der Waals surface area contributed by atoms with E-state index in [2.05, 4.69) is 12.1 Å². The van der Waals surface area contributed by atoms with E-state index < -0.39 is 5.91 Å². The van der Waals surface area contributed by atoms with E-state index in [-0.39, 0.29) is 5.91 Å². The Bertz CT molecular complexity index is 2740. The summed E-state index contributed by atoms with van der Waals surface area (Å²) in [5.74, 6) is -0.794. The van der Waals surface area contributed by atoms with Gasteiger partial charge in [-0.3, -0.25) is 9.59 Å². The second-order valence-corrected chi connectivity index (χ2v) is 12.7. The third-order valence-corrected chi connectivity index (χ3v) is 9.85. The zero-order chi connectivity index (χ0) is 35.3. The van der Waals surface area contributed by atoms with Crippen molar-refractivity contribution in [2.75, 3.05) is 4.90 Å². The first-order valence-corrected chi connectivity index (χ1v) is 16.8. The molecule has 52 heavy (non-hydrogen) atoms. The molecule has 2 amide bonds. The minimum Gasteiger partial charge on any atom is -0.308 e. The van der Waals surface area contributed by atoms with Crippen LogP contribution in [0.2, 0.25) is 0 Å². The molecule has 6 heteroatoms. The molecule has 0 N–H and O–H groups in total. The maximum absolute atomic E-state index is 14.5. The van der Waals surface area contributed by atoms with Gasteiger partial charge in [-0.1, -0.05) is 109 Å². The first kappa shape index (κ1) is 30.5. The zero-order valence-electron chi connectivity index (χ0n) is 27.6. The maximum Gasteiger partial charge on any atom is 0.268 e. The molecule has 1 aromatic heterocycles. The van der Waals surface area contributed by atoms with Crippen LogP contribution in [0, 0.1) is 22.7 Å². The van der Waals surface area contributed by atoms with Crippen LogP contribution in [-0.4, -0.2) is 16.4 Å². The minimum absolute atomic E-state index is 0.309. The number of benzene rings is 7. The number of nitriles is 2. The fourth-order valence-electron chi connectivity index (χ4n) is 7.40. The second-order valence-electron chi connectivity index (χ2n) is 12.7. The molecule has 0 radical (unpaired) electrons. The molecule has 0 saturated heterocycles. The summed E-state index contributed by atoms with van der Waals surface area (Å²) in [6, 6.07) is 54.5. The molecular weight excluding hydrogens is 641 g/mol. The predicted octanol–water partition coefficient (Wildman–Crippen LogP) is 10.3. The number of rotatable bonds is 5. The molecule has 0 spiro atoms. The van der Waals surface area contributed by atoms with E-state index in [0.717, 1.165) is 55.2 Å². The van der Waals surface area contributed by atoms with Crippen molar-refractivity contribution in [3.05, 3.63) is 180 Å². The van der Waals surface area contributed by atoms with Gasteiger partial charge in [0.2, 0.25) is 0 Å². The van der Waals surface area contributed by atoms with Crippen molar-refractivity contribution >= 4 is 39.3 Å². The van der Waals surface area contributed by atoms with E-state index in [1.54, 1.807) is 18.2 Å². The Morgan fingerprint density at radius 3 is 1.52 bits per heavy atom. The first-order valence-electron chi connectivity index (χ1n) is 16.8. The lowest BCUT2D eigenvalue weighted by Gasteiger charge is -2.16. The van der Waals surface area contributed by atoms with Gasteiger partial charge < -0.3 is 4.57 Å². The SMILES string of the molecule is N#Cc1ccccc1-c1ccc2c3ccc(-c4ccccc4C#N)cc3n(-c3cccc4c3C(=O)N(c3ccc(-c5ccccc5)cc3)C4=O)c2c1. The van der Waals surface area contributed by atoms with Gasteiger partial charge in [0.15, 0.2) is 0 Å². The summed E-state index contributed by atoms with van der Waals surface area (Å²) in [5, 5.41) is 21.7. The molecule has 1 aliphatic heterocycles. The van der Waals surface area contributed by atoms with E-state index in [1.807, 2.05) is 144 Å². The fourth-order valence-corrected chi connectivity index (χ4v) is 7.40. The number of fused-ring (bicyclic) bond motifs is 4. The van der Waals surface area contributed by atoms with E-state index in [4.69, 9.17) is 0 Å². The molecule has 0 fully saturated rings. The van der Waals surface area contributed by atoms with Crippen molar-refractivity contribution in [2.45, 2.75) is 0 Å². The van der Waals surface area contributed by atoms with Crippen molar-refractivity contribution in [3.8, 4) is 51.2 Å². The molecule has 7 aromatic carbocycles. The highest BCUT2D eigenvalue weighted by atomic mass is 16.2. The van der Waals surface area contributed by atoms with Crippen LogP contribution in [0.25, 0.3) is 60.9 Å². The Hall–Kier alpha value is -7.54. The topological polar surface area (TPSA) is 89.9 Å². The molecule has 0 aliphatic carbocycles. The van der Waals surface area contributed by atoms with Crippen molar-refractivity contribution < 1.29 is 9.59 Å². The zero-order valence-corrected chi connectivity index (χ0v) is 27.6. The van der Waals surface area contributed by atoms with Crippen LogP contribution in [0.5, 0.6) is 0 Å². The highest BCUT2D eigenvalue weighted by Crippen LogP contribution is 2.41. The number of hydrogen-bond acceptors (Lipinski definition) is 4. The standard InChI is InChI=1S/C46H26N4O2/c47-27-33-11-4-6-13-36(33)31-19-23-38-39-24-20-32(37-14-7-5-12-34(37)28-48)26-43(39)50(42(38)25-31)41-16-8-15-40-44(41)46(52)49(45(40)51)35-21-17-30(18-22-35)29-9-2-1-3-10-29/h1-26H. The molecular formula is C46H26N4O2. The van der Waals surface area contributed by atoms with Crippen molar-refractivity contribution in [3.63, 3.8) is 0 Å². The maximum atomic E-state index is 14.5. The fraction of sp³-hybridized carbons (Fsp3) is 0. The highest BCUT2D eigenvalue weighted by Gasteiger charge is 2.39. The van der Waals surface area contributed by atoms with Crippen LogP contribution in [0.3, 0.4) is 0 Å². The third-order valence-electron chi connectivity index (χ3n) is 9.85. The summed E-state index contributed by atoms with van der Waals surface area (Å²) in [4.78, 5) is 29.8. The monoisotopic (exact) mass is 666 g/mol. The molecule has 0 unspecified atom stereocenters. The van der Waals surface area contributed by atoms with Crippen molar-refractivity contribution in [2.24, 2.45) is 0 Å². The number of aromatic nitrogens is 1. The lowest BCUT2D eigenvalue weighted by Crippen LogP contribution is -2.29. The van der Waals surface area contributed by atoms with Gasteiger partial charge >= 0.3 is 0 Å². The van der Waals surface area contributed by atoms with E-state index in [0.29, 0.717) is 33.6 Å². The second kappa shape index (κ2) is 12.1. The molecule has 9 rings (SSSR count). The molecule has 0 atom stereocenters. The van der Waals surface area contributed by atoms with Gasteiger partial charge in [0.05, 0.1) is 56.8 Å². The Labute approximate surface area is 299 Å². The smallest absolute Gasteiger partial charge is 0.268 e. The Morgan fingerprint density at radius 1 is 0.442 bits per heavy atom. The molecule has 1 aliphatic rings. The Balaban J connectivity index is 1.27. The highest BCUT2D eigenvalue weighted by molar-refractivity contribution is 6.35. The summed E-state index contributed by atoms with van der Waals surface area (Å²) in [5.41, 5.74) is 9.71. The van der Waals surface area contributed by atoms with Gasteiger partial charge in [-0.2, -0.15) is 10.5 Å². The molecule has 6 nitrogen and oxygen atoms in total. The summed E-state index contributed by atoms with van der Waals surface area (Å²) in [6.45, 7) is 0. The van der Waals surface area contributed by atoms with Crippen LogP contribution in [0.4, 0.5) is 5.69 Å². The number of carbonyl (C=O) groups is 2. The van der Waals surface area contributed by atoms with Gasteiger partial charge in [0.25, 0.3) is 11.8 Å². The number of hydrogen-bond donors (Lipinski definition) is 0. The number of carbonyl (C=O) groups excluding carboxylic acids is 2. The summed E-state index contributed by atoms with van der Waals surface area (Å²) in [6.07, 6.45) is 0. The summed E-state index contributed by atoms with van der Waals surface area (Å²) >= 11 is 0. The lowest BCUT2D eigenvalue weighted by atomic mass is 9.98. The normalized spacial score (nSPS) is 12.2.